The van der Waals surface area contributed by atoms with Gasteiger partial charge in [-0.25, -0.2) is 4.90 Å². The summed E-state index contributed by atoms with van der Waals surface area (Å²) in [7, 11) is 0. The smallest absolute Gasteiger partial charge is 0.239 e. The molecule has 1 saturated heterocycles. The van der Waals surface area contributed by atoms with Crippen LogP contribution in [0.5, 0.6) is 0 Å². The summed E-state index contributed by atoms with van der Waals surface area (Å²) in [4.78, 5) is 25.6. The number of benzene rings is 1. The molecule has 0 saturated carbocycles. The van der Waals surface area contributed by atoms with Crippen LogP contribution in [-0.4, -0.2) is 17.0 Å². The van der Waals surface area contributed by atoms with E-state index in [1.54, 1.807) is 25.1 Å². The molecule has 0 N–H and O–H groups in total. The molecule has 0 aliphatic carbocycles. The van der Waals surface area contributed by atoms with Crippen molar-refractivity contribution in [1.29, 1.82) is 0 Å². The van der Waals surface area contributed by atoms with Crippen molar-refractivity contribution in [3.63, 3.8) is 0 Å². The predicted molar refractivity (Wildman–Crippen MR) is 77.0 cm³/mol. The monoisotopic (exact) mass is 304 g/mol. The molecular weight excluding hydrogens is 292 g/mol. The first-order valence-corrected chi connectivity index (χ1v) is 6.97. The Hall–Kier alpha value is -2.14. The minimum Gasteiger partial charge on any atom is -0.360 e. The molecular formula is C15H13ClN2O3. The summed E-state index contributed by atoms with van der Waals surface area (Å²) in [5, 5.41) is 4.39. The molecule has 1 atom stereocenters. The maximum atomic E-state index is 12.4. The molecule has 1 fully saturated rings. The maximum Gasteiger partial charge on any atom is 0.239 e. The normalized spacial score (nSPS) is 18.6. The van der Waals surface area contributed by atoms with Crippen LogP contribution in [0.15, 0.2) is 34.9 Å². The summed E-state index contributed by atoms with van der Waals surface area (Å²) in [6, 6.07) is 8.86. The number of anilines is 1. The second kappa shape index (κ2) is 5.33. The van der Waals surface area contributed by atoms with E-state index in [2.05, 4.69) is 5.16 Å². The second-order valence-corrected chi connectivity index (χ2v) is 5.53. The second-order valence-electron chi connectivity index (χ2n) is 5.09. The van der Waals surface area contributed by atoms with Crippen molar-refractivity contribution >= 4 is 29.2 Å². The topological polar surface area (TPSA) is 63.4 Å². The summed E-state index contributed by atoms with van der Waals surface area (Å²) < 4.78 is 4.93. The third-order valence-electron chi connectivity index (χ3n) is 3.48. The van der Waals surface area contributed by atoms with E-state index < -0.39 is 0 Å². The minimum absolute atomic E-state index is 0.188. The van der Waals surface area contributed by atoms with Crippen LogP contribution in [0.4, 0.5) is 5.82 Å². The zero-order valence-electron chi connectivity index (χ0n) is 11.4. The Labute approximate surface area is 126 Å². The standard InChI is InChI=1S/C15H13ClN2O3/c1-9-6-13(17-21-9)18-14(19)8-11(15(18)20)7-10-2-4-12(16)5-3-10/h2-6,11H,7-8H2,1H3/t11-/m1/s1. The van der Waals surface area contributed by atoms with Gasteiger partial charge in [0.2, 0.25) is 11.8 Å². The van der Waals surface area contributed by atoms with E-state index in [9.17, 15) is 9.59 Å². The average Bonchev–Trinajstić information content (AvgIpc) is 2.97. The molecule has 3 rings (SSSR count). The molecule has 2 aromatic rings. The number of nitrogens with zero attached hydrogens (tertiary/aromatic N) is 2. The van der Waals surface area contributed by atoms with Gasteiger partial charge in [-0.05, 0) is 31.0 Å². The highest BCUT2D eigenvalue weighted by Gasteiger charge is 2.40. The first-order valence-electron chi connectivity index (χ1n) is 6.59. The van der Waals surface area contributed by atoms with Gasteiger partial charge in [0.1, 0.15) is 5.76 Å². The molecule has 2 amide bonds. The van der Waals surface area contributed by atoms with Gasteiger partial charge in [0.25, 0.3) is 0 Å². The lowest BCUT2D eigenvalue weighted by molar-refractivity contribution is -0.122. The molecule has 0 radical (unpaired) electrons. The number of aryl methyl sites for hydroxylation is 1. The highest BCUT2D eigenvalue weighted by Crippen LogP contribution is 2.28. The summed E-state index contributed by atoms with van der Waals surface area (Å²) in [5.41, 5.74) is 0.976. The van der Waals surface area contributed by atoms with Crippen molar-refractivity contribution in [3.05, 3.63) is 46.7 Å². The van der Waals surface area contributed by atoms with E-state index >= 15 is 0 Å². The highest BCUT2D eigenvalue weighted by atomic mass is 35.5. The summed E-state index contributed by atoms with van der Waals surface area (Å²) >= 11 is 5.84. The summed E-state index contributed by atoms with van der Waals surface area (Å²) in [6.07, 6.45) is 0.697. The van der Waals surface area contributed by atoms with Crippen molar-refractivity contribution in [3.8, 4) is 0 Å². The number of halogens is 1. The number of aromatic nitrogens is 1. The molecule has 108 valence electrons. The number of amides is 2. The number of hydrogen-bond donors (Lipinski definition) is 0. The molecule has 0 spiro atoms. The highest BCUT2D eigenvalue weighted by molar-refractivity contribution is 6.30. The molecule has 0 unspecified atom stereocenters. The van der Waals surface area contributed by atoms with E-state index in [1.807, 2.05) is 12.1 Å². The van der Waals surface area contributed by atoms with Gasteiger partial charge in [-0.15, -0.1) is 0 Å². The van der Waals surface area contributed by atoms with Crippen molar-refractivity contribution in [2.45, 2.75) is 19.8 Å². The first kappa shape index (κ1) is 13.8. The lowest BCUT2D eigenvalue weighted by Crippen LogP contribution is -2.31. The molecule has 1 aromatic carbocycles. The Kier molecular flexibility index (Phi) is 3.51. The van der Waals surface area contributed by atoms with Crippen LogP contribution in [0.25, 0.3) is 0 Å². The predicted octanol–water partition coefficient (Wildman–Crippen LogP) is 2.76. The Morgan fingerprint density at radius 1 is 1.33 bits per heavy atom. The fourth-order valence-electron chi connectivity index (χ4n) is 2.46. The van der Waals surface area contributed by atoms with Gasteiger partial charge in [-0.1, -0.05) is 28.9 Å². The van der Waals surface area contributed by atoms with Crippen LogP contribution >= 0.6 is 11.6 Å². The van der Waals surface area contributed by atoms with Crippen molar-refractivity contribution < 1.29 is 14.1 Å². The van der Waals surface area contributed by atoms with Crippen LogP contribution in [0.3, 0.4) is 0 Å². The van der Waals surface area contributed by atoms with Gasteiger partial charge in [-0.2, -0.15) is 0 Å². The zero-order valence-corrected chi connectivity index (χ0v) is 12.1. The number of carbonyl (C=O) groups is 2. The van der Waals surface area contributed by atoms with Gasteiger partial charge in [0.05, 0.1) is 5.92 Å². The quantitative estimate of drug-likeness (QED) is 0.818. The number of rotatable bonds is 3. The molecule has 5 nitrogen and oxygen atoms in total. The number of imide groups is 1. The van der Waals surface area contributed by atoms with Gasteiger partial charge in [0, 0.05) is 17.5 Å². The molecule has 2 heterocycles. The largest absolute Gasteiger partial charge is 0.360 e. The SMILES string of the molecule is Cc1cc(N2C(=O)C[C@@H](Cc3ccc(Cl)cc3)C2=O)no1. The Morgan fingerprint density at radius 3 is 2.67 bits per heavy atom. The van der Waals surface area contributed by atoms with Gasteiger partial charge < -0.3 is 4.52 Å². The molecule has 6 heteroatoms. The minimum atomic E-state index is -0.365. The van der Waals surface area contributed by atoms with Crippen molar-refractivity contribution in [2.24, 2.45) is 5.92 Å². The first-order chi connectivity index (χ1) is 10.0. The third-order valence-corrected chi connectivity index (χ3v) is 3.73. The molecule has 1 aromatic heterocycles. The zero-order chi connectivity index (χ0) is 15.0. The molecule has 21 heavy (non-hydrogen) atoms. The van der Waals surface area contributed by atoms with E-state index in [0.29, 0.717) is 17.2 Å². The Balaban J connectivity index is 1.78. The third kappa shape index (κ3) is 2.69. The van der Waals surface area contributed by atoms with Gasteiger partial charge in [0.15, 0.2) is 5.82 Å². The van der Waals surface area contributed by atoms with E-state index in [0.717, 1.165) is 10.5 Å². The fraction of sp³-hybridized carbons (Fsp3) is 0.267. The van der Waals surface area contributed by atoms with E-state index in [-0.39, 0.29) is 30.0 Å². The summed E-state index contributed by atoms with van der Waals surface area (Å²) in [6.45, 7) is 1.71. The van der Waals surface area contributed by atoms with Crippen LogP contribution in [-0.2, 0) is 16.0 Å². The number of carbonyl (C=O) groups excluding carboxylic acids is 2. The van der Waals surface area contributed by atoms with Crippen molar-refractivity contribution in [2.75, 3.05) is 4.90 Å². The van der Waals surface area contributed by atoms with Crippen molar-refractivity contribution in [1.82, 2.24) is 5.16 Å². The Morgan fingerprint density at radius 2 is 2.05 bits per heavy atom. The van der Waals surface area contributed by atoms with Crippen LogP contribution in [0.2, 0.25) is 5.02 Å². The average molecular weight is 305 g/mol. The summed E-state index contributed by atoms with van der Waals surface area (Å²) in [5.74, 6) is -0.0148. The molecule has 1 aliphatic heterocycles. The fourth-order valence-corrected chi connectivity index (χ4v) is 2.58. The van der Waals surface area contributed by atoms with Crippen LogP contribution in [0, 0.1) is 12.8 Å². The van der Waals surface area contributed by atoms with Crippen LogP contribution in [0.1, 0.15) is 17.7 Å². The maximum absolute atomic E-state index is 12.4. The Bertz CT molecular complexity index is 693. The van der Waals surface area contributed by atoms with Gasteiger partial charge >= 0.3 is 0 Å². The van der Waals surface area contributed by atoms with Crippen LogP contribution < -0.4 is 4.90 Å². The van der Waals surface area contributed by atoms with Gasteiger partial charge in [-0.3, -0.25) is 9.59 Å². The van der Waals surface area contributed by atoms with E-state index in [1.165, 1.54) is 0 Å². The molecule has 0 bridgehead atoms. The number of hydrogen-bond acceptors (Lipinski definition) is 4. The van der Waals surface area contributed by atoms with E-state index in [4.69, 9.17) is 16.1 Å². The molecule has 1 aliphatic rings. The lowest BCUT2D eigenvalue weighted by atomic mass is 9.98. The lowest BCUT2D eigenvalue weighted by Gasteiger charge is -2.11.